The van der Waals surface area contributed by atoms with Gasteiger partial charge in [-0.15, -0.1) is 0 Å². The number of halogens is 2. The summed E-state index contributed by atoms with van der Waals surface area (Å²) in [4.78, 5) is 0. The first-order chi connectivity index (χ1) is 6.63. The molecule has 1 aromatic carbocycles. The quantitative estimate of drug-likeness (QED) is 0.685. The van der Waals surface area contributed by atoms with E-state index in [0.717, 1.165) is 17.3 Å². The molecule has 0 saturated heterocycles. The highest BCUT2D eigenvalue weighted by Gasteiger charge is 2.04. The van der Waals surface area contributed by atoms with Gasteiger partial charge in [0.1, 0.15) is 0 Å². The predicted octanol–water partition coefficient (Wildman–Crippen LogP) is 3.00. The zero-order valence-corrected chi connectivity index (χ0v) is 10.5. The Morgan fingerprint density at radius 3 is 2.71 bits per heavy atom. The Hall–Kier alpha value is 0.1000. The standard InChI is InChI=1S/C9H10BrClO2S/c10-4-3-7-1-2-8(6-14(12)13)9(11)5-7/h1-2,5H,3-4,6H2,(H,12,13). The van der Waals surface area contributed by atoms with Gasteiger partial charge in [-0.3, -0.25) is 0 Å². The molecule has 1 unspecified atom stereocenters. The highest BCUT2D eigenvalue weighted by molar-refractivity contribution is 9.09. The predicted molar refractivity (Wildman–Crippen MR) is 63.4 cm³/mol. The minimum atomic E-state index is -1.83. The van der Waals surface area contributed by atoms with Gasteiger partial charge < -0.3 is 4.55 Å². The van der Waals surface area contributed by atoms with Crippen LogP contribution in [-0.4, -0.2) is 14.1 Å². The van der Waals surface area contributed by atoms with Crippen LogP contribution in [-0.2, 0) is 23.3 Å². The van der Waals surface area contributed by atoms with Crippen LogP contribution in [0, 0.1) is 0 Å². The minimum absolute atomic E-state index is 0.0907. The van der Waals surface area contributed by atoms with E-state index in [1.165, 1.54) is 0 Å². The van der Waals surface area contributed by atoms with E-state index >= 15 is 0 Å². The summed E-state index contributed by atoms with van der Waals surface area (Å²) in [6.07, 6.45) is 0.905. The summed E-state index contributed by atoms with van der Waals surface area (Å²) in [6, 6.07) is 5.56. The third kappa shape index (κ3) is 3.69. The van der Waals surface area contributed by atoms with Crippen molar-refractivity contribution in [2.45, 2.75) is 12.2 Å². The van der Waals surface area contributed by atoms with Crippen LogP contribution in [0.25, 0.3) is 0 Å². The van der Waals surface area contributed by atoms with Crippen molar-refractivity contribution in [3.63, 3.8) is 0 Å². The Labute approximate surface area is 99.1 Å². The van der Waals surface area contributed by atoms with E-state index in [1.54, 1.807) is 6.07 Å². The van der Waals surface area contributed by atoms with Gasteiger partial charge in [-0.2, -0.15) is 0 Å². The molecule has 1 rings (SSSR count). The van der Waals surface area contributed by atoms with E-state index in [1.807, 2.05) is 12.1 Å². The Balaban J connectivity index is 2.84. The first-order valence-corrected chi connectivity index (χ1v) is 6.81. The second-order valence-corrected chi connectivity index (χ2v) is 4.96. The van der Waals surface area contributed by atoms with Crippen LogP contribution in [0.2, 0.25) is 5.02 Å². The molecule has 0 aliphatic rings. The number of alkyl halides is 1. The van der Waals surface area contributed by atoms with Gasteiger partial charge in [-0.25, -0.2) is 4.21 Å². The van der Waals surface area contributed by atoms with Gasteiger partial charge in [0.05, 0.1) is 5.75 Å². The second kappa shape index (κ2) is 5.85. The molecular formula is C9H10BrClO2S. The summed E-state index contributed by atoms with van der Waals surface area (Å²) in [5, 5.41) is 1.44. The lowest BCUT2D eigenvalue weighted by atomic mass is 10.1. The average Bonchev–Trinajstić information content (AvgIpc) is 2.10. The van der Waals surface area contributed by atoms with Crippen molar-refractivity contribution < 1.29 is 8.76 Å². The largest absolute Gasteiger partial charge is 0.306 e. The van der Waals surface area contributed by atoms with Crippen molar-refractivity contribution >= 4 is 38.6 Å². The second-order valence-electron chi connectivity index (χ2n) is 2.83. The molecule has 0 aromatic heterocycles. The summed E-state index contributed by atoms with van der Waals surface area (Å²) in [6.45, 7) is 0. The van der Waals surface area contributed by atoms with Crippen LogP contribution >= 0.6 is 27.5 Å². The number of benzene rings is 1. The van der Waals surface area contributed by atoms with Gasteiger partial charge in [0.2, 0.25) is 0 Å². The van der Waals surface area contributed by atoms with Crippen molar-refractivity contribution in [3.8, 4) is 0 Å². The lowest BCUT2D eigenvalue weighted by Crippen LogP contribution is -1.95. The fourth-order valence-corrected chi connectivity index (χ4v) is 2.43. The maximum atomic E-state index is 10.6. The van der Waals surface area contributed by atoms with Crippen LogP contribution in [0.3, 0.4) is 0 Å². The molecule has 0 saturated carbocycles. The summed E-state index contributed by atoms with van der Waals surface area (Å²) in [5.74, 6) is 0.0907. The van der Waals surface area contributed by atoms with E-state index in [4.69, 9.17) is 16.2 Å². The molecule has 0 amide bonds. The molecule has 0 heterocycles. The molecule has 0 fully saturated rings. The molecule has 0 aliphatic carbocycles. The zero-order chi connectivity index (χ0) is 10.6. The fourth-order valence-electron chi connectivity index (χ4n) is 1.11. The van der Waals surface area contributed by atoms with Crippen LogP contribution in [0.1, 0.15) is 11.1 Å². The van der Waals surface area contributed by atoms with E-state index in [0.29, 0.717) is 10.6 Å². The normalized spacial score (nSPS) is 12.8. The molecule has 0 aliphatic heterocycles. The third-order valence-electron chi connectivity index (χ3n) is 1.78. The van der Waals surface area contributed by atoms with Crippen molar-refractivity contribution in [1.29, 1.82) is 0 Å². The lowest BCUT2D eigenvalue weighted by molar-refractivity contribution is 0.563. The summed E-state index contributed by atoms with van der Waals surface area (Å²) in [7, 11) is 0. The first kappa shape index (κ1) is 12.2. The topological polar surface area (TPSA) is 37.3 Å². The molecule has 5 heteroatoms. The highest BCUT2D eigenvalue weighted by Crippen LogP contribution is 2.19. The van der Waals surface area contributed by atoms with Crippen molar-refractivity contribution in [2.75, 3.05) is 5.33 Å². The number of aryl methyl sites for hydroxylation is 1. The van der Waals surface area contributed by atoms with E-state index in [2.05, 4.69) is 15.9 Å². The van der Waals surface area contributed by atoms with Gasteiger partial charge in [-0.1, -0.05) is 39.7 Å². The minimum Gasteiger partial charge on any atom is -0.306 e. The highest BCUT2D eigenvalue weighted by atomic mass is 79.9. The van der Waals surface area contributed by atoms with Gasteiger partial charge in [0.25, 0.3) is 0 Å². The number of hydrogen-bond acceptors (Lipinski definition) is 1. The monoisotopic (exact) mass is 296 g/mol. The number of rotatable bonds is 4. The summed E-state index contributed by atoms with van der Waals surface area (Å²) < 4.78 is 19.3. The van der Waals surface area contributed by atoms with Crippen LogP contribution < -0.4 is 0 Å². The van der Waals surface area contributed by atoms with Gasteiger partial charge in [-0.05, 0) is 23.6 Å². The molecule has 1 aromatic rings. The first-order valence-electron chi connectivity index (χ1n) is 4.04. The van der Waals surface area contributed by atoms with Crippen LogP contribution in [0.4, 0.5) is 0 Å². The van der Waals surface area contributed by atoms with Gasteiger partial charge in [0, 0.05) is 10.4 Å². The van der Waals surface area contributed by atoms with Gasteiger partial charge in [0.15, 0.2) is 11.1 Å². The number of hydrogen-bond donors (Lipinski definition) is 1. The lowest BCUT2D eigenvalue weighted by Gasteiger charge is -2.04. The fraction of sp³-hybridized carbons (Fsp3) is 0.333. The molecular weight excluding hydrogens is 288 g/mol. The molecule has 1 N–H and O–H groups in total. The molecule has 78 valence electrons. The van der Waals surface area contributed by atoms with Crippen LogP contribution in [0.15, 0.2) is 18.2 Å². The SMILES string of the molecule is O=S(O)Cc1ccc(CCBr)cc1Cl. The van der Waals surface area contributed by atoms with Gasteiger partial charge >= 0.3 is 0 Å². The maximum absolute atomic E-state index is 10.6. The molecule has 14 heavy (non-hydrogen) atoms. The molecule has 1 atom stereocenters. The van der Waals surface area contributed by atoms with Crippen molar-refractivity contribution in [2.24, 2.45) is 0 Å². The Kier molecular flexibility index (Phi) is 5.09. The van der Waals surface area contributed by atoms with Crippen molar-refractivity contribution in [1.82, 2.24) is 0 Å². The molecule has 0 bridgehead atoms. The summed E-state index contributed by atoms with van der Waals surface area (Å²) >= 11 is 7.46. The Bertz CT molecular complexity index is 344. The van der Waals surface area contributed by atoms with E-state index < -0.39 is 11.1 Å². The maximum Gasteiger partial charge on any atom is 0.157 e. The van der Waals surface area contributed by atoms with Crippen LogP contribution in [0.5, 0.6) is 0 Å². The van der Waals surface area contributed by atoms with Crippen molar-refractivity contribution in [3.05, 3.63) is 34.3 Å². The summed E-state index contributed by atoms with van der Waals surface area (Å²) in [5.41, 5.74) is 1.84. The average molecular weight is 298 g/mol. The Morgan fingerprint density at radius 2 is 2.21 bits per heavy atom. The molecule has 0 radical (unpaired) electrons. The molecule has 0 spiro atoms. The van der Waals surface area contributed by atoms with E-state index in [-0.39, 0.29) is 5.75 Å². The zero-order valence-electron chi connectivity index (χ0n) is 7.37. The van der Waals surface area contributed by atoms with E-state index in [9.17, 15) is 4.21 Å². The Morgan fingerprint density at radius 1 is 1.50 bits per heavy atom. The molecule has 2 nitrogen and oxygen atoms in total. The third-order valence-corrected chi connectivity index (χ3v) is 3.09. The smallest absolute Gasteiger partial charge is 0.157 e.